The molecule has 15 heavy (non-hydrogen) atoms. The van der Waals surface area contributed by atoms with Crippen LogP contribution >= 0.6 is 0 Å². The predicted molar refractivity (Wildman–Crippen MR) is 32.2 cm³/mol. The van der Waals surface area contributed by atoms with E-state index in [9.17, 15) is 35.5 Å². The van der Waals surface area contributed by atoms with Crippen LogP contribution < -0.4 is 0 Å². The minimum atomic E-state index is -5.41. The van der Waals surface area contributed by atoms with Gasteiger partial charge < -0.3 is 5.11 Å². The third-order valence-electron chi connectivity index (χ3n) is 1.10. The van der Waals surface area contributed by atoms with E-state index in [1.165, 1.54) is 0 Å². The number of alkyl halides is 2. The molecule has 2 nitrogen and oxygen atoms in total. The van der Waals surface area contributed by atoms with Crippen LogP contribution in [0.25, 0.3) is 0 Å². The van der Waals surface area contributed by atoms with Crippen molar-refractivity contribution in [3.05, 3.63) is 23.6 Å². The number of carboxylic acid groups (broad SMARTS) is 1. The molecule has 0 aliphatic rings. The molecule has 0 saturated heterocycles. The lowest BCUT2D eigenvalue weighted by Crippen LogP contribution is -2.29. The Hall–Kier alpha value is -1.54. The molecule has 0 heterocycles. The second-order valence-corrected chi connectivity index (χ2v) is 2.08. The topological polar surface area (TPSA) is 37.3 Å². The van der Waals surface area contributed by atoms with Gasteiger partial charge in [-0.3, -0.25) is 0 Å². The van der Waals surface area contributed by atoms with Gasteiger partial charge in [0.15, 0.2) is 0 Å². The first-order valence-electron chi connectivity index (χ1n) is 3.00. The molecule has 0 rings (SSSR count). The molecule has 0 saturated carbocycles. The highest BCUT2D eigenvalue weighted by molar-refractivity contribution is 5.79. The molecule has 0 aromatic rings. The van der Waals surface area contributed by atoms with E-state index in [0.717, 1.165) is 0 Å². The summed E-state index contributed by atoms with van der Waals surface area (Å²) in [6.45, 7) is 0. The maximum absolute atomic E-state index is 12.2. The Morgan fingerprint density at radius 3 is 1.60 bits per heavy atom. The van der Waals surface area contributed by atoms with Crippen LogP contribution in [0.15, 0.2) is 23.6 Å². The predicted octanol–water partition coefficient (Wildman–Crippen LogP) is 2.93. The third-order valence-corrected chi connectivity index (χ3v) is 1.10. The van der Waals surface area contributed by atoms with Crippen LogP contribution in [0.5, 0.6) is 0 Å². The second kappa shape index (κ2) is 4.32. The van der Waals surface area contributed by atoms with Crippen molar-refractivity contribution in [2.45, 2.75) is 5.92 Å². The summed E-state index contributed by atoms with van der Waals surface area (Å²) in [6.07, 6.45) is -3.39. The van der Waals surface area contributed by atoms with Crippen LogP contribution in [0.2, 0.25) is 0 Å². The van der Waals surface area contributed by atoms with Crippen LogP contribution in [0, 0.1) is 0 Å². The number of carbonyl (C=O) groups is 1. The van der Waals surface area contributed by atoms with Crippen LogP contribution in [0.4, 0.5) is 30.7 Å². The number of carboxylic acids is 1. The summed E-state index contributed by atoms with van der Waals surface area (Å²) < 4.78 is 83.1. The number of rotatable bonds is 3. The highest BCUT2D eigenvalue weighted by Gasteiger charge is 2.48. The molecule has 0 aliphatic carbocycles. The lowest BCUT2D eigenvalue weighted by molar-refractivity contribution is -0.161. The zero-order chi connectivity index (χ0) is 12.4. The van der Waals surface area contributed by atoms with Crippen LogP contribution in [-0.4, -0.2) is 17.0 Å². The van der Waals surface area contributed by atoms with E-state index in [1.807, 2.05) is 0 Å². The maximum Gasteiger partial charge on any atom is 0.396 e. The average molecular weight is 238 g/mol. The van der Waals surface area contributed by atoms with Gasteiger partial charge in [-0.2, -0.15) is 22.0 Å². The van der Waals surface area contributed by atoms with Gasteiger partial charge in [-0.25, -0.2) is 13.6 Å². The summed E-state index contributed by atoms with van der Waals surface area (Å²) in [5, 5.41) is 7.66. The summed E-state index contributed by atoms with van der Waals surface area (Å²) in [6, 6.07) is 0. The zero-order valence-corrected chi connectivity index (χ0v) is 6.50. The Morgan fingerprint density at radius 2 is 1.33 bits per heavy atom. The molecule has 0 fully saturated rings. The van der Waals surface area contributed by atoms with Gasteiger partial charge in [0.05, 0.1) is 0 Å². The van der Waals surface area contributed by atoms with Crippen molar-refractivity contribution in [1.29, 1.82) is 0 Å². The number of aliphatic carboxylic acids is 1. The standard InChI is InChI=1S/C6HF7O2/c7-1(2(8)4(10)11)3(9)6(12,13)5(14)15/h(H,14,15)/b3-1+. The van der Waals surface area contributed by atoms with Crippen LogP contribution in [0.1, 0.15) is 0 Å². The fourth-order valence-corrected chi connectivity index (χ4v) is 0.411. The minimum absolute atomic E-state index is 3.14. The van der Waals surface area contributed by atoms with Crippen molar-refractivity contribution in [1.82, 2.24) is 0 Å². The first-order valence-corrected chi connectivity index (χ1v) is 3.00. The lowest BCUT2D eigenvalue weighted by Gasteiger charge is -2.08. The fraction of sp³-hybridized carbons (Fsp3) is 0.167. The first kappa shape index (κ1) is 13.5. The Balaban J connectivity index is 5.49. The van der Waals surface area contributed by atoms with Gasteiger partial charge in [0.2, 0.25) is 17.5 Å². The fourth-order valence-electron chi connectivity index (χ4n) is 0.411. The molecule has 0 amide bonds. The monoisotopic (exact) mass is 238 g/mol. The smallest absolute Gasteiger partial charge is 0.396 e. The minimum Gasteiger partial charge on any atom is -0.476 e. The normalized spacial score (nSPS) is 13.3. The Morgan fingerprint density at radius 1 is 0.933 bits per heavy atom. The molecular formula is C6HF7O2. The van der Waals surface area contributed by atoms with Crippen molar-refractivity contribution in [2.75, 3.05) is 0 Å². The van der Waals surface area contributed by atoms with Crippen molar-refractivity contribution >= 4 is 5.97 Å². The average Bonchev–Trinajstić information content (AvgIpc) is 2.13. The molecule has 0 bridgehead atoms. The van der Waals surface area contributed by atoms with Crippen molar-refractivity contribution in [3.8, 4) is 0 Å². The van der Waals surface area contributed by atoms with E-state index < -0.39 is 35.5 Å². The van der Waals surface area contributed by atoms with Gasteiger partial charge in [0, 0.05) is 0 Å². The number of hydrogen-bond donors (Lipinski definition) is 1. The van der Waals surface area contributed by atoms with Gasteiger partial charge in [-0.1, -0.05) is 0 Å². The summed E-state index contributed by atoms with van der Waals surface area (Å²) in [4.78, 5) is 9.64. The number of hydrogen-bond acceptors (Lipinski definition) is 1. The zero-order valence-electron chi connectivity index (χ0n) is 6.50. The first-order chi connectivity index (χ1) is 6.62. The van der Waals surface area contributed by atoms with Gasteiger partial charge in [-0.15, -0.1) is 0 Å². The molecule has 0 radical (unpaired) electrons. The van der Waals surface area contributed by atoms with Gasteiger partial charge >= 0.3 is 18.0 Å². The van der Waals surface area contributed by atoms with Crippen molar-refractivity contribution in [2.24, 2.45) is 0 Å². The van der Waals surface area contributed by atoms with E-state index >= 15 is 0 Å². The molecule has 9 heteroatoms. The van der Waals surface area contributed by atoms with E-state index in [2.05, 4.69) is 0 Å². The SMILES string of the molecule is O=C(O)C(F)(F)/C(F)=C(\F)C(F)=C(F)F. The van der Waals surface area contributed by atoms with Crippen molar-refractivity contribution < 1.29 is 40.6 Å². The highest BCUT2D eigenvalue weighted by Crippen LogP contribution is 2.33. The molecule has 0 atom stereocenters. The molecular weight excluding hydrogens is 237 g/mol. The van der Waals surface area contributed by atoms with E-state index in [1.54, 1.807) is 0 Å². The molecule has 0 aromatic heterocycles. The quantitative estimate of drug-likeness (QED) is 0.606. The second-order valence-electron chi connectivity index (χ2n) is 2.08. The molecule has 0 aromatic carbocycles. The third kappa shape index (κ3) is 2.70. The molecule has 86 valence electrons. The Kier molecular flexibility index (Phi) is 3.88. The van der Waals surface area contributed by atoms with Crippen molar-refractivity contribution in [3.63, 3.8) is 0 Å². The lowest BCUT2D eigenvalue weighted by atomic mass is 10.2. The Bertz CT molecular complexity index is 339. The van der Waals surface area contributed by atoms with Gasteiger partial charge in [0.25, 0.3) is 0 Å². The van der Waals surface area contributed by atoms with Crippen LogP contribution in [0.3, 0.4) is 0 Å². The molecule has 0 unspecified atom stereocenters. The van der Waals surface area contributed by atoms with Crippen LogP contribution in [-0.2, 0) is 4.79 Å². The summed E-state index contributed by atoms with van der Waals surface area (Å²) >= 11 is 0. The van der Waals surface area contributed by atoms with E-state index in [-0.39, 0.29) is 0 Å². The molecule has 0 spiro atoms. The van der Waals surface area contributed by atoms with E-state index in [0.29, 0.717) is 0 Å². The summed E-state index contributed by atoms with van der Waals surface area (Å²) in [7, 11) is 0. The maximum atomic E-state index is 12.2. The Labute approximate surface area is 77.3 Å². The summed E-state index contributed by atoms with van der Waals surface area (Å²) in [5.41, 5.74) is 0. The number of allylic oxidation sites excluding steroid dienone is 2. The summed E-state index contributed by atoms with van der Waals surface area (Å²) in [5.74, 6) is -18.4. The van der Waals surface area contributed by atoms with Gasteiger partial charge in [0.1, 0.15) is 0 Å². The van der Waals surface area contributed by atoms with E-state index in [4.69, 9.17) is 5.11 Å². The van der Waals surface area contributed by atoms with Gasteiger partial charge in [-0.05, 0) is 0 Å². The highest BCUT2D eigenvalue weighted by atomic mass is 19.3. The largest absolute Gasteiger partial charge is 0.476 e. The number of halogens is 7. The molecule has 0 aliphatic heterocycles. The molecule has 1 N–H and O–H groups in total.